The molecule has 0 fully saturated rings. The van der Waals surface area contributed by atoms with Gasteiger partial charge in [-0.1, -0.05) is 0 Å². The van der Waals surface area contributed by atoms with Gasteiger partial charge in [0.2, 0.25) is 5.95 Å². The summed E-state index contributed by atoms with van der Waals surface area (Å²) in [6.45, 7) is 0.521. The summed E-state index contributed by atoms with van der Waals surface area (Å²) in [6, 6.07) is 7.44. The van der Waals surface area contributed by atoms with E-state index in [1.807, 2.05) is 28.8 Å². The molecule has 0 spiro atoms. The molecule has 0 aliphatic heterocycles. The van der Waals surface area contributed by atoms with Gasteiger partial charge < -0.3 is 5.73 Å². The third kappa shape index (κ3) is 1.69. The van der Waals surface area contributed by atoms with Crippen molar-refractivity contribution in [3.8, 4) is 0 Å². The molecule has 3 aromatic rings. The van der Waals surface area contributed by atoms with Crippen LogP contribution in [0.2, 0.25) is 0 Å². The molecule has 0 radical (unpaired) electrons. The van der Waals surface area contributed by atoms with Crippen LogP contribution in [0.25, 0.3) is 11.2 Å². The normalized spacial score (nSPS) is 10.8. The number of nitrogens with zero attached hydrogens (tertiary/aromatic N) is 5. The van der Waals surface area contributed by atoms with Gasteiger partial charge >= 0.3 is 0 Å². The molecule has 3 heterocycles. The average molecular weight is 226 g/mol. The number of imidazole rings is 1. The van der Waals surface area contributed by atoms with Gasteiger partial charge in [-0.25, -0.2) is 9.97 Å². The summed E-state index contributed by atoms with van der Waals surface area (Å²) in [5, 5.41) is 7.85. The summed E-state index contributed by atoms with van der Waals surface area (Å²) in [6.07, 6.45) is 3.35. The molecule has 3 aromatic heterocycles. The van der Waals surface area contributed by atoms with E-state index in [2.05, 4.69) is 20.2 Å². The van der Waals surface area contributed by atoms with Crippen molar-refractivity contribution in [2.45, 2.75) is 6.54 Å². The number of nitrogen functional groups attached to an aromatic ring is 1. The maximum absolute atomic E-state index is 5.86. The van der Waals surface area contributed by atoms with Crippen molar-refractivity contribution in [1.82, 2.24) is 24.7 Å². The second kappa shape index (κ2) is 3.82. The Labute approximate surface area is 97.1 Å². The average Bonchev–Trinajstić information content (AvgIpc) is 2.68. The first kappa shape index (κ1) is 9.71. The highest BCUT2D eigenvalue weighted by molar-refractivity contribution is 5.73. The van der Waals surface area contributed by atoms with E-state index in [1.54, 1.807) is 12.4 Å². The molecule has 2 N–H and O–H groups in total. The Morgan fingerprint density at radius 3 is 2.88 bits per heavy atom. The Balaban J connectivity index is 2.08. The molecule has 0 aliphatic carbocycles. The molecule has 0 unspecified atom stereocenters. The fourth-order valence-electron chi connectivity index (χ4n) is 1.71. The summed E-state index contributed by atoms with van der Waals surface area (Å²) >= 11 is 0. The third-order valence-corrected chi connectivity index (χ3v) is 2.48. The molecule has 17 heavy (non-hydrogen) atoms. The number of fused-ring (bicyclic) bond motifs is 1. The van der Waals surface area contributed by atoms with Crippen molar-refractivity contribution in [3.63, 3.8) is 0 Å². The highest BCUT2D eigenvalue weighted by Gasteiger charge is 2.09. The highest BCUT2D eigenvalue weighted by atomic mass is 15.2. The van der Waals surface area contributed by atoms with Crippen molar-refractivity contribution < 1.29 is 0 Å². The van der Waals surface area contributed by atoms with Crippen LogP contribution in [0.4, 0.5) is 5.95 Å². The fraction of sp³-hybridized carbons (Fsp3) is 0.0909. The standard InChI is InChI=1S/C11H10N6/c12-11-15-9-4-2-5-13-10(9)17(11)7-8-3-1-6-14-16-8/h1-6H,7H2,(H2,12,15). The van der Waals surface area contributed by atoms with Crippen LogP contribution in [0.1, 0.15) is 5.69 Å². The highest BCUT2D eigenvalue weighted by Crippen LogP contribution is 2.15. The van der Waals surface area contributed by atoms with Gasteiger partial charge in [0.05, 0.1) is 12.2 Å². The predicted octanol–water partition coefficient (Wildman–Crippen LogP) is 0.852. The minimum atomic E-state index is 0.435. The maximum Gasteiger partial charge on any atom is 0.202 e. The lowest BCUT2D eigenvalue weighted by Crippen LogP contribution is -2.06. The molecule has 0 amide bonds. The van der Waals surface area contributed by atoms with Crippen LogP contribution in [0.3, 0.4) is 0 Å². The van der Waals surface area contributed by atoms with Crippen molar-refractivity contribution in [1.29, 1.82) is 0 Å². The Bertz CT molecular complexity index is 645. The van der Waals surface area contributed by atoms with Gasteiger partial charge in [0, 0.05) is 12.4 Å². The van der Waals surface area contributed by atoms with Crippen molar-refractivity contribution >= 4 is 17.1 Å². The second-order valence-electron chi connectivity index (χ2n) is 3.62. The van der Waals surface area contributed by atoms with Crippen molar-refractivity contribution in [3.05, 3.63) is 42.4 Å². The predicted molar refractivity (Wildman–Crippen MR) is 63.1 cm³/mol. The molecule has 0 aromatic carbocycles. The van der Waals surface area contributed by atoms with E-state index in [1.165, 1.54) is 0 Å². The summed E-state index contributed by atoms with van der Waals surface area (Å²) in [5.74, 6) is 0.435. The lowest BCUT2D eigenvalue weighted by molar-refractivity contribution is 0.775. The first-order chi connectivity index (χ1) is 8.34. The van der Waals surface area contributed by atoms with Crippen LogP contribution >= 0.6 is 0 Å². The summed E-state index contributed by atoms with van der Waals surface area (Å²) < 4.78 is 1.82. The summed E-state index contributed by atoms with van der Waals surface area (Å²) in [5.41, 5.74) is 8.23. The SMILES string of the molecule is Nc1nc2cccnc2n1Cc1cccnn1. The van der Waals surface area contributed by atoms with Crippen LogP contribution in [0.5, 0.6) is 0 Å². The first-order valence-corrected chi connectivity index (χ1v) is 5.18. The van der Waals surface area contributed by atoms with Gasteiger partial charge in [0.15, 0.2) is 5.65 Å². The molecule has 3 rings (SSSR count). The van der Waals surface area contributed by atoms with Crippen LogP contribution in [-0.4, -0.2) is 24.7 Å². The first-order valence-electron chi connectivity index (χ1n) is 5.18. The van der Waals surface area contributed by atoms with E-state index in [-0.39, 0.29) is 0 Å². The Morgan fingerprint density at radius 1 is 1.18 bits per heavy atom. The quantitative estimate of drug-likeness (QED) is 0.700. The fourth-order valence-corrected chi connectivity index (χ4v) is 1.71. The summed E-state index contributed by atoms with van der Waals surface area (Å²) in [4.78, 5) is 8.51. The molecule has 0 aliphatic rings. The van der Waals surface area contributed by atoms with E-state index in [9.17, 15) is 0 Å². The lowest BCUT2D eigenvalue weighted by Gasteiger charge is -2.03. The van der Waals surface area contributed by atoms with Gasteiger partial charge in [0.25, 0.3) is 0 Å². The minimum Gasteiger partial charge on any atom is -0.369 e. The van der Waals surface area contributed by atoms with Crippen LogP contribution in [0, 0.1) is 0 Å². The topological polar surface area (TPSA) is 82.5 Å². The van der Waals surface area contributed by atoms with Gasteiger partial charge in [-0.3, -0.25) is 4.57 Å². The third-order valence-electron chi connectivity index (χ3n) is 2.48. The Kier molecular flexibility index (Phi) is 2.18. The molecule has 0 saturated carbocycles. The zero-order chi connectivity index (χ0) is 11.7. The summed E-state index contributed by atoms with van der Waals surface area (Å²) in [7, 11) is 0. The lowest BCUT2D eigenvalue weighted by atomic mass is 10.4. The maximum atomic E-state index is 5.86. The van der Waals surface area contributed by atoms with Crippen LogP contribution in [-0.2, 0) is 6.54 Å². The van der Waals surface area contributed by atoms with Crippen molar-refractivity contribution in [2.24, 2.45) is 0 Å². The number of nitrogens with two attached hydrogens (primary N) is 1. The second-order valence-corrected chi connectivity index (χ2v) is 3.62. The number of aromatic nitrogens is 5. The molecule has 6 nitrogen and oxygen atoms in total. The van der Waals surface area contributed by atoms with Gasteiger partial charge in [-0.2, -0.15) is 10.2 Å². The molecule has 0 bridgehead atoms. The van der Waals surface area contributed by atoms with E-state index in [0.717, 1.165) is 16.9 Å². The number of rotatable bonds is 2. The van der Waals surface area contributed by atoms with E-state index >= 15 is 0 Å². The largest absolute Gasteiger partial charge is 0.369 e. The van der Waals surface area contributed by atoms with E-state index < -0.39 is 0 Å². The minimum absolute atomic E-state index is 0.435. The molecule has 6 heteroatoms. The van der Waals surface area contributed by atoms with E-state index in [0.29, 0.717) is 12.5 Å². The van der Waals surface area contributed by atoms with Crippen LogP contribution < -0.4 is 5.73 Å². The number of pyridine rings is 1. The molecule has 0 saturated heterocycles. The van der Waals surface area contributed by atoms with Crippen molar-refractivity contribution in [2.75, 3.05) is 5.73 Å². The van der Waals surface area contributed by atoms with Gasteiger partial charge in [-0.15, -0.1) is 0 Å². The van der Waals surface area contributed by atoms with Crippen LogP contribution in [0.15, 0.2) is 36.7 Å². The molecular formula is C11H10N6. The molecule has 0 atom stereocenters. The number of anilines is 1. The van der Waals surface area contributed by atoms with Gasteiger partial charge in [-0.05, 0) is 24.3 Å². The number of hydrogen-bond donors (Lipinski definition) is 1. The Hall–Kier alpha value is -2.50. The molecular weight excluding hydrogens is 216 g/mol. The monoisotopic (exact) mass is 226 g/mol. The van der Waals surface area contributed by atoms with Gasteiger partial charge in [0.1, 0.15) is 5.52 Å². The smallest absolute Gasteiger partial charge is 0.202 e. The zero-order valence-electron chi connectivity index (χ0n) is 8.98. The molecule has 84 valence electrons. The number of hydrogen-bond acceptors (Lipinski definition) is 5. The van der Waals surface area contributed by atoms with E-state index in [4.69, 9.17) is 5.73 Å². The zero-order valence-corrected chi connectivity index (χ0v) is 8.98. The Morgan fingerprint density at radius 2 is 2.06 bits per heavy atom.